The SMILES string of the molecule is O=C(NCc1ccnc(F)c1)n1c2c(c3ccc(Br)cc31)CN(C/C=C/c1ccc(Cl)c(F)c1)CC2. The van der Waals surface area contributed by atoms with Crippen molar-refractivity contribution in [1.82, 2.24) is 19.8 Å². The summed E-state index contributed by atoms with van der Waals surface area (Å²) in [5, 5.41) is 4.04. The molecule has 5 rings (SSSR count). The highest BCUT2D eigenvalue weighted by atomic mass is 79.9. The molecule has 0 atom stereocenters. The summed E-state index contributed by atoms with van der Waals surface area (Å²) < 4.78 is 29.8. The third-order valence-electron chi connectivity index (χ3n) is 6.25. The largest absolute Gasteiger partial charge is 0.333 e. The molecule has 0 unspecified atom stereocenters. The van der Waals surface area contributed by atoms with Gasteiger partial charge in [0.15, 0.2) is 0 Å². The van der Waals surface area contributed by atoms with Crippen molar-refractivity contribution in [3.63, 3.8) is 0 Å². The molecule has 0 saturated carbocycles. The van der Waals surface area contributed by atoms with Gasteiger partial charge >= 0.3 is 6.03 Å². The third kappa shape index (κ3) is 5.21. The lowest BCUT2D eigenvalue weighted by molar-refractivity contribution is 0.240. The van der Waals surface area contributed by atoms with Crippen LogP contribution in [-0.2, 0) is 19.5 Å². The first kappa shape index (κ1) is 24.6. The summed E-state index contributed by atoms with van der Waals surface area (Å²) in [5.74, 6) is -1.02. The molecule has 1 N–H and O–H groups in total. The number of carbonyl (C=O) groups is 1. The number of fused-ring (bicyclic) bond motifs is 3. The van der Waals surface area contributed by atoms with Crippen LogP contribution in [0.25, 0.3) is 17.0 Å². The highest BCUT2D eigenvalue weighted by Gasteiger charge is 2.26. The Morgan fingerprint density at radius 1 is 1.17 bits per heavy atom. The zero-order chi connectivity index (χ0) is 25.2. The van der Waals surface area contributed by atoms with Crippen LogP contribution in [-0.4, -0.2) is 33.6 Å². The molecule has 2 aromatic heterocycles. The van der Waals surface area contributed by atoms with E-state index < -0.39 is 11.8 Å². The fourth-order valence-corrected chi connectivity index (χ4v) is 5.00. The van der Waals surface area contributed by atoms with E-state index in [2.05, 4.69) is 31.1 Å². The molecular weight excluding hydrogens is 550 g/mol. The molecule has 1 aliphatic heterocycles. The zero-order valence-electron chi connectivity index (χ0n) is 19.1. The standard InChI is InChI=1S/C27H22BrClF2N4O/c28-19-4-5-20-21-16-34(10-1-2-17-3-6-22(29)23(30)12-17)11-8-24(21)35(25(20)14-19)27(36)33-15-18-7-9-32-26(31)13-18/h1-7,9,12-14H,8,10-11,15-16H2,(H,33,36)/b2-1+. The quantitative estimate of drug-likeness (QED) is 0.276. The molecule has 5 nitrogen and oxygen atoms in total. The Bertz CT molecular complexity index is 1490. The lowest BCUT2D eigenvalue weighted by Gasteiger charge is -2.27. The first-order valence-electron chi connectivity index (χ1n) is 11.4. The molecule has 184 valence electrons. The molecule has 0 radical (unpaired) electrons. The van der Waals surface area contributed by atoms with Gasteiger partial charge in [-0.05, 0) is 53.1 Å². The molecule has 0 fully saturated rings. The number of benzene rings is 2. The van der Waals surface area contributed by atoms with Crippen LogP contribution in [0.2, 0.25) is 5.02 Å². The van der Waals surface area contributed by atoms with Crippen molar-refractivity contribution in [1.29, 1.82) is 0 Å². The minimum Gasteiger partial charge on any atom is -0.333 e. The maximum atomic E-state index is 13.7. The second kappa shape index (κ2) is 10.5. The van der Waals surface area contributed by atoms with E-state index >= 15 is 0 Å². The highest BCUT2D eigenvalue weighted by Crippen LogP contribution is 2.32. The van der Waals surface area contributed by atoms with E-state index in [4.69, 9.17) is 11.6 Å². The van der Waals surface area contributed by atoms with Crippen molar-refractivity contribution in [3.05, 3.63) is 104 Å². The molecule has 1 aliphatic rings. The van der Waals surface area contributed by atoms with E-state index in [9.17, 15) is 13.6 Å². The van der Waals surface area contributed by atoms with Crippen LogP contribution in [0.1, 0.15) is 22.4 Å². The Labute approximate surface area is 220 Å². The molecule has 2 aromatic carbocycles. The van der Waals surface area contributed by atoms with Gasteiger partial charge < -0.3 is 5.32 Å². The van der Waals surface area contributed by atoms with Gasteiger partial charge in [-0.1, -0.05) is 51.8 Å². The Balaban J connectivity index is 1.36. The van der Waals surface area contributed by atoms with Crippen LogP contribution < -0.4 is 5.32 Å². The van der Waals surface area contributed by atoms with Gasteiger partial charge in [-0.3, -0.25) is 9.47 Å². The van der Waals surface area contributed by atoms with E-state index in [0.29, 0.717) is 25.1 Å². The van der Waals surface area contributed by atoms with Gasteiger partial charge in [0.25, 0.3) is 0 Å². The Morgan fingerprint density at radius 3 is 2.83 bits per heavy atom. The second-order valence-corrected chi connectivity index (χ2v) is 9.95. The molecule has 0 bridgehead atoms. The number of hydrogen-bond acceptors (Lipinski definition) is 3. The summed E-state index contributed by atoms with van der Waals surface area (Å²) in [7, 11) is 0. The first-order valence-corrected chi connectivity index (χ1v) is 12.6. The topological polar surface area (TPSA) is 50.2 Å². The fraction of sp³-hybridized carbons (Fsp3) is 0.185. The molecule has 3 heterocycles. The van der Waals surface area contributed by atoms with Gasteiger partial charge in [0, 0.05) is 54.3 Å². The average Bonchev–Trinajstić information content (AvgIpc) is 3.17. The zero-order valence-corrected chi connectivity index (χ0v) is 21.5. The number of hydrogen-bond donors (Lipinski definition) is 1. The smallest absolute Gasteiger partial charge is 0.326 e. The molecule has 36 heavy (non-hydrogen) atoms. The van der Waals surface area contributed by atoms with Crippen LogP contribution in [0.4, 0.5) is 13.6 Å². The Hall–Kier alpha value is -3.07. The predicted octanol–water partition coefficient (Wildman–Crippen LogP) is 6.56. The highest BCUT2D eigenvalue weighted by molar-refractivity contribution is 9.10. The van der Waals surface area contributed by atoms with Gasteiger partial charge in [0.05, 0.1) is 10.5 Å². The van der Waals surface area contributed by atoms with Gasteiger partial charge in [-0.25, -0.2) is 14.2 Å². The van der Waals surface area contributed by atoms with E-state index in [1.54, 1.807) is 22.8 Å². The van der Waals surface area contributed by atoms with Crippen LogP contribution in [0.5, 0.6) is 0 Å². The van der Waals surface area contributed by atoms with E-state index in [1.807, 2.05) is 30.4 Å². The number of nitrogens with one attached hydrogen (secondary N) is 1. The maximum absolute atomic E-state index is 13.7. The maximum Gasteiger partial charge on any atom is 0.326 e. The minimum absolute atomic E-state index is 0.107. The number of pyridine rings is 1. The summed E-state index contributed by atoms with van der Waals surface area (Å²) in [5.41, 5.74) is 4.30. The Morgan fingerprint density at radius 2 is 2.03 bits per heavy atom. The van der Waals surface area contributed by atoms with E-state index in [-0.39, 0.29) is 17.6 Å². The number of aromatic nitrogens is 2. The van der Waals surface area contributed by atoms with Crippen molar-refractivity contribution in [2.75, 3.05) is 13.1 Å². The van der Waals surface area contributed by atoms with Crippen molar-refractivity contribution >= 4 is 50.5 Å². The van der Waals surface area contributed by atoms with Crippen molar-refractivity contribution in [2.24, 2.45) is 0 Å². The van der Waals surface area contributed by atoms with Gasteiger partial charge in [-0.2, -0.15) is 4.39 Å². The number of amides is 1. The molecule has 4 aromatic rings. The van der Waals surface area contributed by atoms with Crippen LogP contribution in [0.15, 0.2) is 65.3 Å². The monoisotopic (exact) mass is 570 g/mol. The first-order chi connectivity index (χ1) is 17.4. The summed E-state index contributed by atoms with van der Waals surface area (Å²) >= 11 is 9.29. The minimum atomic E-state index is -0.579. The summed E-state index contributed by atoms with van der Waals surface area (Å²) in [6.07, 6.45) is 5.96. The molecule has 0 saturated heterocycles. The number of halogens is 4. The molecular formula is C27H22BrClF2N4O. The van der Waals surface area contributed by atoms with Crippen molar-refractivity contribution < 1.29 is 13.6 Å². The van der Waals surface area contributed by atoms with Crippen LogP contribution in [0.3, 0.4) is 0 Å². The van der Waals surface area contributed by atoms with Crippen molar-refractivity contribution in [2.45, 2.75) is 19.5 Å². The number of rotatable bonds is 5. The van der Waals surface area contributed by atoms with Gasteiger partial charge in [0.1, 0.15) is 5.82 Å². The van der Waals surface area contributed by atoms with Gasteiger partial charge in [-0.15, -0.1) is 0 Å². The lowest BCUT2D eigenvalue weighted by Crippen LogP contribution is -2.34. The summed E-state index contributed by atoms with van der Waals surface area (Å²) in [6.45, 7) is 2.34. The summed E-state index contributed by atoms with van der Waals surface area (Å²) in [6, 6.07) is 13.4. The van der Waals surface area contributed by atoms with E-state index in [0.717, 1.165) is 38.7 Å². The average molecular weight is 572 g/mol. The lowest BCUT2D eigenvalue weighted by atomic mass is 10.0. The Kier molecular flexibility index (Phi) is 7.18. The fourth-order valence-electron chi connectivity index (χ4n) is 4.54. The molecule has 1 amide bonds. The van der Waals surface area contributed by atoms with Gasteiger partial charge in [0.2, 0.25) is 5.95 Å². The van der Waals surface area contributed by atoms with E-state index in [1.165, 1.54) is 18.3 Å². The second-order valence-electron chi connectivity index (χ2n) is 8.63. The normalized spacial score (nSPS) is 13.9. The molecule has 0 spiro atoms. The van der Waals surface area contributed by atoms with Crippen molar-refractivity contribution in [3.8, 4) is 0 Å². The number of carbonyl (C=O) groups excluding carboxylic acids is 1. The van der Waals surface area contributed by atoms with Crippen LogP contribution >= 0.6 is 27.5 Å². The van der Waals surface area contributed by atoms with Crippen LogP contribution in [0, 0.1) is 11.8 Å². The molecule has 9 heteroatoms. The number of nitrogens with zero attached hydrogens (tertiary/aromatic N) is 3. The molecule has 0 aliphatic carbocycles. The summed E-state index contributed by atoms with van der Waals surface area (Å²) in [4.78, 5) is 19.1. The predicted molar refractivity (Wildman–Crippen MR) is 141 cm³/mol. The third-order valence-corrected chi connectivity index (χ3v) is 7.05.